The van der Waals surface area contributed by atoms with Gasteiger partial charge in [0, 0.05) is 13.1 Å². The van der Waals surface area contributed by atoms with Crippen LogP contribution in [0.1, 0.15) is 20.3 Å². The van der Waals surface area contributed by atoms with Crippen molar-refractivity contribution in [2.75, 3.05) is 13.1 Å². The molecule has 2 atom stereocenters. The van der Waals surface area contributed by atoms with Crippen LogP contribution in [-0.2, 0) is 0 Å². The molecule has 0 radical (unpaired) electrons. The second-order valence-corrected chi connectivity index (χ2v) is 5.77. The lowest BCUT2D eigenvalue weighted by atomic mass is 9.92. The molecule has 0 aliphatic carbocycles. The van der Waals surface area contributed by atoms with Gasteiger partial charge >= 0.3 is 0 Å². The van der Waals surface area contributed by atoms with Gasteiger partial charge in [0.05, 0.1) is 5.69 Å². The Morgan fingerprint density at radius 1 is 1.14 bits per heavy atom. The molecule has 0 saturated carbocycles. The number of aliphatic imine (C=N–C) groups is 2. The molecule has 1 fully saturated rings. The first kappa shape index (κ1) is 18.2. The maximum atomic E-state index is 12.8. The molecule has 4 N–H and O–H groups in total. The summed E-state index contributed by atoms with van der Waals surface area (Å²) in [5, 5.41) is 0. The maximum Gasteiger partial charge on any atom is 0.223 e. The predicted molar refractivity (Wildman–Crippen MR) is 91.1 cm³/mol. The molecule has 5 nitrogen and oxygen atoms in total. The summed E-state index contributed by atoms with van der Waals surface area (Å²) in [4.78, 5) is 10.3. The van der Waals surface area contributed by atoms with E-state index in [4.69, 9.17) is 11.5 Å². The van der Waals surface area contributed by atoms with Crippen molar-refractivity contribution >= 4 is 30.0 Å². The van der Waals surface area contributed by atoms with Crippen LogP contribution in [0.2, 0.25) is 0 Å². The highest BCUT2D eigenvalue weighted by Gasteiger charge is 2.23. The Kier molecular flexibility index (Phi) is 6.61. The van der Waals surface area contributed by atoms with Crippen LogP contribution in [0.25, 0.3) is 0 Å². The normalized spacial score (nSPS) is 23.1. The highest BCUT2D eigenvalue weighted by atomic mass is 35.5. The Hall–Kier alpha value is -1.82. The van der Waals surface area contributed by atoms with Crippen molar-refractivity contribution in [2.24, 2.45) is 33.3 Å². The minimum atomic E-state index is -0.313. The molecule has 1 aliphatic heterocycles. The molecule has 1 saturated heterocycles. The number of halogens is 2. The highest BCUT2D eigenvalue weighted by molar-refractivity contribution is 5.94. The fourth-order valence-corrected chi connectivity index (χ4v) is 2.71. The summed E-state index contributed by atoms with van der Waals surface area (Å²) in [6.07, 6.45) is 1.20. The van der Waals surface area contributed by atoms with Gasteiger partial charge in [0.2, 0.25) is 5.96 Å². The standard InChI is InChI=1S/C15H22FN5.ClH/c1-10-7-11(2)9-21(8-10)15(18)20-14(17)19-13-5-3-12(16)4-6-13;/h3-6,10-11H,7-9H2,1-2H3,(H4,17,18,19,20);1H. The Morgan fingerprint density at radius 3 is 2.23 bits per heavy atom. The summed E-state index contributed by atoms with van der Waals surface area (Å²) < 4.78 is 12.8. The van der Waals surface area contributed by atoms with Crippen LogP contribution in [0.15, 0.2) is 34.3 Å². The molecule has 0 bridgehead atoms. The van der Waals surface area contributed by atoms with Gasteiger partial charge in [-0.1, -0.05) is 13.8 Å². The van der Waals surface area contributed by atoms with Gasteiger partial charge in [0.15, 0.2) is 5.96 Å². The van der Waals surface area contributed by atoms with Crippen molar-refractivity contribution in [3.63, 3.8) is 0 Å². The van der Waals surface area contributed by atoms with Crippen molar-refractivity contribution in [1.82, 2.24) is 4.90 Å². The number of guanidine groups is 2. The number of hydrogen-bond acceptors (Lipinski definition) is 1. The third-order valence-electron chi connectivity index (χ3n) is 3.49. The maximum absolute atomic E-state index is 12.8. The molecular formula is C15H23ClFN5. The van der Waals surface area contributed by atoms with Gasteiger partial charge in [-0.15, -0.1) is 12.4 Å². The van der Waals surface area contributed by atoms with Gasteiger partial charge < -0.3 is 16.4 Å². The second-order valence-electron chi connectivity index (χ2n) is 5.77. The Bertz CT molecular complexity index is 533. The van der Waals surface area contributed by atoms with Gasteiger partial charge in [-0.3, -0.25) is 0 Å². The van der Waals surface area contributed by atoms with Crippen LogP contribution < -0.4 is 11.5 Å². The van der Waals surface area contributed by atoms with Crippen molar-refractivity contribution in [2.45, 2.75) is 20.3 Å². The molecule has 1 aromatic carbocycles. The minimum absolute atomic E-state index is 0. The molecule has 2 unspecified atom stereocenters. The third kappa shape index (κ3) is 5.18. The van der Waals surface area contributed by atoms with E-state index in [2.05, 4.69) is 23.8 Å². The van der Waals surface area contributed by atoms with Crippen molar-refractivity contribution in [1.29, 1.82) is 0 Å². The lowest BCUT2D eigenvalue weighted by molar-refractivity contribution is 0.212. The first-order chi connectivity index (χ1) is 9.94. The Morgan fingerprint density at radius 2 is 1.68 bits per heavy atom. The van der Waals surface area contributed by atoms with E-state index in [9.17, 15) is 4.39 Å². The second kappa shape index (κ2) is 7.98. The average molecular weight is 328 g/mol. The van der Waals surface area contributed by atoms with Crippen LogP contribution in [0, 0.1) is 17.7 Å². The number of likely N-dealkylation sites (tertiary alicyclic amines) is 1. The zero-order chi connectivity index (χ0) is 15.4. The molecule has 0 amide bonds. The lowest BCUT2D eigenvalue weighted by Crippen LogP contribution is -2.46. The summed E-state index contributed by atoms with van der Waals surface area (Å²) in [5.41, 5.74) is 12.3. The van der Waals surface area contributed by atoms with Gasteiger partial charge in [0.25, 0.3) is 0 Å². The highest BCUT2D eigenvalue weighted by Crippen LogP contribution is 2.20. The average Bonchev–Trinajstić information content (AvgIpc) is 2.40. The van der Waals surface area contributed by atoms with Crippen LogP contribution >= 0.6 is 12.4 Å². The number of benzene rings is 1. The van der Waals surface area contributed by atoms with Gasteiger partial charge in [-0.05, 0) is 42.5 Å². The minimum Gasteiger partial charge on any atom is -0.369 e. The van der Waals surface area contributed by atoms with Crippen molar-refractivity contribution < 1.29 is 4.39 Å². The van der Waals surface area contributed by atoms with Gasteiger partial charge in [0.1, 0.15) is 5.82 Å². The monoisotopic (exact) mass is 327 g/mol. The summed E-state index contributed by atoms with van der Waals surface area (Å²) in [6.45, 7) is 6.16. The van der Waals surface area contributed by atoms with E-state index in [-0.39, 0.29) is 24.2 Å². The number of rotatable bonds is 1. The first-order valence-corrected chi connectivity index (χ1v) is 7.13. The molecule has 0 spiro atoms. The molecule has 7 heteroatoms. The number of piperidine rings is 1. The van der Waals surface area contributed by atoms with E-state index in [1.165, 1.54) is 18.6 Å². The fraction of sp³-hybridized carbons (Fsp3) is 0.467. The lowest BCUT2D eigenvalue weighted by Gasteiger charge is -2.35. The topological polar surface area (TPSA) is 80.0 Å². The Balaban J connectivity index is 0.00000242. The predicted octanol–water partition coefficient (Wildman–Crippen LogP) is 2.49. The van der Waals surface area contributed by atoms with E-state index in [1.54, 1.807) is 12.1 Å². The first-order valence-electron chi connectivity index (χ1n) is 7.13. The van der Waals surface area contributed by atoms with Crippen molar-refractivity contribution in [3.8, 4) is 0 Å². The van der Waals surface area contributed by atoms with E-state index in [0.717, 1.165) is 13.1 Å². The summed E-state index contributed by atoms with van der Waals surface area (Å²) >= 11 is 0. The fourth-order valence-electron chi connectivity index (χ4n) is 2.71. The third-order valence-corrected chi connectivity index (χ3v) is 3.49. The van der Waals surface area contributed by atoms with Crippen LogP contribution in [0.4, 0.5) is 10.1 Å². The SMILES string of the molecule is CC1CC(C)CN(C(N)=NC(N)=Nc2ccc(F)cc2)C1.Cl. The molecule has 22 heavy (non-hydrogen) atoms. The van der Waals surface area contributed by atoms with Gasteiger partial charge in [-0.25, -0.2) is 9.38 Å². The van der Waals surface area contributed by atoms with E-state index in [0.29, 0.717) is 23.5 Å². The quantitative estimate of drug-likeness (QED) is 0.614. The smallest absolute Gasteiger partial charge is 0.223 e. The summed E-state index contributed by atoms with van der Waals surface area (Å²) in [7, 11) is 0. The zero-order valence-electron chi connectivity index (χ0n) is 12.9. The molecule has 0 aromatic heterocycles. The van der Waals surface area contributed by atoms with Crippen molar-refractivity contribution in [3.05, 3.63) is 30.1 Å². The largest absolute Gasteiger partial charge is 0.369 e. The molecule has 1 aromatic rings. The van der Waals surface area contributed by atoms with Gasteiger partial charge in [-0.2, -0.15) is 4.99 Å². The van der Waals surface area contributed by atoms with Crippen LogP contribution in [0.5, 0.6) is 0 Å². The number of nitrogens with zero attached hydrogens (tertiary/aromatic N) is 3. The Labute approximate surface area is 136 Å². The van der Waals surface area contributed by atoms with E-state index in [1.807, 2.05) is 4.90 Å². The van der Waals surface area contributed by atoms with Crippen LogP contribution in [-0.4, -0.2) is 29.9 Å². The van der Waals surface area contributed by atoms with Crippen LogP contribution in [0.3, 0.4) is 0 Å². The van der Waals surface area contributed by atoms with E-state index < -0.39 is 0 Å². The molecule has 1 aliphatic rings. The van der Waals surface area contributed by atoms with E-state index >= 15 is 0 Å². The number of nitrogens with two attached hydrogens (primary N) is 2. The number of hydrogen-bond donors (Lipinski definition) is 2. The molecule has 122 valence electrons. The summed E-state index contributed by atoms with van der Waals surface area (Å²) in [5.74, 6) is 1.31. The molecule has 1 heterocycles. The molecular weight excluding hydrogens is 305 g/mol. The zero-order valence-corrected chi connectivity index (χ0v) is 13.7. The molecule has 2 rings (SSSR count). The summed E-state index contributed by atoms with van der Waals surface area (Å²) in [6, 6.07) is 5.73.